The number of hydrogen-bond acceptors (Lipinski definition) is 4. The van der Waals surface area contributed by atoms with Crippen LogP contribution in [0.2, 0.25) is 0 Å². The molecule has 1 aromatic heterocycles. The number of carbonyl (C=O) groups is 1. The molecule has 1 aliphatic carbocycles. The maximum absolute atomic E-state index is 13.2. The molecule has 136 valence electrons. The van der Waals surface area contributed by atoms with Gasteiger partial charge in [0.25, 0.3) is 5.91 Å². The van der Waals surface area contributed by atoms with Gasteiger partial charge in [-0.1, -0.05) is 6.42 Å². The molecule has 0 saturated carbocycles. The zero-order valence-electron chi connectivity index (χ0n) is 15.2. The minimum absolute atomic E-state index is 0.0116. The maximum Gasteiger partial charge on any atom is 0.268 e. The number of anilines is 1. The second-order valence-corrected chi connectivity index (χ2v) is 7.55. The lowest BCUT2D eigenvalue weighted by atomic mass is 10.1. The van der Waals surface area contributed by atoms with E-state index in [1.54, 1.807) is 16.2 Å². The SMILES string of the molecule is CCOc1ccc(N(CCC#N)C(=O)c2cc3c(s2)CCCCC3)cc1. The van der Waals surface area contributed by atoms with Crippen LogP contribution in [0.3, 0.4) is 0 Å². The molecule has 26 heavy (non-hydrogen) atoms. The summed E-state index contributed by atoms with van der Waals surface area (Å²) in [4.78, 5) is 17.0. The fraction of sp³-hybridized carbons (Fsp3) is 0.429. The molecule has 0 spiro atoms. The average molecular weight is 369 g/mol. The monoisotopic (exact) mass is 368 g/mol. The standard InChI is InChI=1S/C21H24N2O2S/c1-2-25-18-11-9-17(10-12-18)23(14-6-13-22)21(24)20-15-16-7-4-3-5-8-19(16)26-20/h9-12,15H,2-8,14H2,1H3. The number of aryl methyl sites for hydroxylation is 2. The summed E-state index contributed by atoms with van der Waals surface area (Å²) in [6, 6.07) is 11.7. The highest BCUT2D eigenvalue weighted by molar-refractivity contribution is 7.14. The van der Waals surface area contributed by atoms with Gasteiger partial charge in [-0.05, 0) is 68.5 Å². The van der Waals surface area contributed by atoms with Crippen molar-refractivity contribution in [1.29, 1.82) is 5.26 Å². The Morgan fingerprint density at radius 1 is 1.23 bits per heavy atom. The van der Waals surface area contributed by atoms with Gasteiger partial charge in [0, 0.05) is 17.1 Å². The molecule has 1 aromatic carbocycles. The van der Waals surface area contributed by atoms with Gasteiger partial charge >= 0.3 is 0 Å². The zero-order valence-corrected chi connectivity index (χ0v) is 16.0. The molecule has 3 rings (SSSR count). The van der Waals surface area contributed by atoms with E-state index in [0.717, 1.165) is 29.2 Å². The van der Waals surface area contributed by atoms with E-state index in [2.05, 4.69) is 12.1 Å². The van der Waals surface area contributed by atoms with Crippen molar-refractivity contribution in [1.82, 2.24) is 0 Å². The lowest BCUT2D eigenvalue weighted by Crippen LogP contribution is -2.31. The van der Waals surface area contributed by atoms with Crippen LogP contribution in [0.5, 0.6) is 5.75 Å². The highest BCUT2D eigenvalue weighted by atomic mass is 32.1. The van der Waals surface area contributed by atoms with Crippen molar-refractivity contribution in [3.63, 3.8) is 0 Å². The summed E-state index contributed by atoms with van der Waals surface area (Å²) in [6.45, 7) is 2.94. The Morgan fingerprint density at radius 2 is 2.00 bits per heavy atom. The second kappa shape index (κ2) is 8.86. The van der Waals surface area contributed by atoms with Gasteiger partial charge < -0.3 is 9.64 Å². The first-order valence-electron chi connectivity index (χ1n) is 9.26. The fourth-order valence-electron chi connectivity index (χ4n) is 3.30. The van der Waals surface area contributed by atoms with Crippen LogP contribution in [0.4, 0.5) is 5.69 Å². The number of nitriles is 1. The van der Waals surface area contributed by atoms with E-state index in [1.807, 2.05) is 31.2 Å². The van der Waals surface area contributed by atoms with Crippen LogP contribution in [0, 0.1) is 11.3 Å². The molecule has 0 aliphatic heterocycles. The Labute approximate surface area is 159 Å². The summed E-state index contributed by atoms with van der Waals surface area (Å²) >= 11 is 1.63. The van der Waals surface area contributed by atoms with Crippen LogP contribution in [0.1, 0.15) is 52.7 Å². The normalized spacial score (nSPS) is 13.4. The quantitative estimate of drug-likeness (QED) is 0.676. The predicted molar refractivity (Wildman–Crippen MR) is 105 cm³/mol. The van der Waals surface area contributed by atoms with Crippen LogP contribution >= 0.6 is 11.3 Å². The van der Waals surface area contributed by atoms with Crippen LogP contribution in [0.25, 0.3) is 0 Å². The lowest BCUT2D eigenvalue weighted by Gasteiger charge is -2.21. The molecule has 0 fully saturated rings. The van der Waals surface area contributed by atoms with Crippen LogP contribution in [0.15, 0.2) is 30.3 Å². The summed E-state index contributed by atoms with van der Waals surface area (Å²) in [5.74, 6) is 0.772. The third-order valence-electron chi connectivity index (χ3n) is 4.61. The summed E-state index contributed by atoms with van der Waals surface area (Å²) in [7, 11) is 0. The Morgan fingerprint density at radius 3 is 2.73 bits per heavy atom. The third kappa shape index (κ3) is 4.25. The number of thiophene rings is 1. The summed E-state index contributed by atoms with van der Waals surface area (Å²) < 4.78 is 5.48. The fourth-order valence-corrected chi connectivity index (χ4v) is 4.51. The van der Waals surface area contributed by atoms with E-state index in [-0.39, 0.29) is 5.91 Å². The van der Waals surface area contributed by atoms with Crippen molar-refractivity contribution < 1.29 is 9.53 Å². The van der Waals surface area contributed by atoms with Crippen molar-refractivity contribution in [2.45, 2.75) is 45.4 Å². The Balaban J connectivity index is 1.85. The van der Waals surface area contributed by atoms with Crippen molar-refractivity contribution in [2.24, 2.45) is 0 Å². The van der Waals surface area contributed by atoms with Crippen molar-refractivity contribution in [3.05, 3.63) is 45.6 Å². The molecular weight excluding hydrogens is 344 g/mol. The number of amides is 1. The van der Waals surface area contributed by atoms with E-state index in [4.69, 9.17) is 10.00 Å². The highest BCUT2D eigenvalue weighted by Crippen LogP contribution is 2.31. The van der Waals surface area contributed by atoms with Gasteiger partial charge in [0.1, 0.15) is 5.75 Å². The van der Waals surface area contributed by atoms with Gasteiger partial charge in [0.15, 0.2) is 0 Å². The first-order valence-corrected chi connectivity index (χ1v) is 10.1. The van der Waals surface area contributed by atoms with Crippen LogP contribution < -0.4 is 9.64 Å². The van der Waals surface area contributed by atoms with E-state index in [9.17, 15) is 4.79 Å². The number of nitrogens with zero attached hydrogens (tertiary/aromatic N) is 2. The third-order valence-corrected chi connectivity index (χ3v) is 5.83. The van der Waals surface area contributed by atoms with Gasteiger partial charge in [-0.25, -0.2) is 0 Å². The number of fused-ring (bicyclic) bond motifs is 1. The average Bonchev–Trinajstić information content (AvgIpc) is 2.94. The molecule has 4 nitrogen and oxygen atoms in total. The van der Waals surface area contributed by atoms with Gasteiger partial charge in [0.2, 0.25) is 0 Å². The van der Waals surface area contributed by atoms with E-state index in [1.165, 1.54) is 29.7 Å². The molecule has 1 heterocycles. The first-order chi connectivity index (χ1) is 12.7. The van der Waals surface area contributed by atoms with Gasteiger partial charge in [-0.2, -0.15) is 5.26 Å². The van der Waals surface area contributed by atoms with Crippen molar-refractivity contribution in [2.75, 3.05) is 18.1 Å². The smallest absolute Gasteiger partial charge is 0.268 e. The number of carbonyl (C=O) groups excluding carboxylic acids is 1. The van der Waals surface area contributed by atoms with E-state index in [0.29, 0.717) is 19.6 Å². The van der Waals surface area contributed by atoms with Crippen molar-refractivity contribution >= 4 is 22.9 Å². The molecule has 0 N–H and O–H groups in total. The van der Waals surface area contributed by atoms with Crippen molar-refractivity contribution in [3.8, 4) is 11.8 Å². The lowest BCUT2D eigenvalue weighted by molar-refractivity contribution is 0.0991. The molecule has 1 aliphatic rings. The second-order valence-electron chi connectivity index (χ2n) is 6.41. The number of rotatable bonds is 6. The molecular formula is C21H24N2O2S. The minimum Gasteiger partial charge on any atom is -0.494 e. The maximum atomic E-state index is 13.2. The minimum atomic E-state index is -0.0116. The Hall–Kier alpha value is -2.32. The summed E-state index contributed by atoms with van der Waals surface area (Å²) in [6.07, 6.45) is 6.14. The molecule has 0 radical (unpaired) electrons. The van der Waals surface area contributed by atoms with Crippen LogP contribution in [-0.2, 0) is 12.8 Å². The molecule has 2 aromatic rings. The topological polar surface area (TPSA) is 53.3 Å². The molecule has 0 unspecified atom stereocenters. The predicted octanol–water partition coefficient (Wildman–Crippen LogP) is 4.98. The zero-order chi connectivity index (χ0) is 18.4. The summed E-state index contributed by atoms with van der Waals surface area (Å²) in [5.41, 5.74) is 2.14. The molecule has 5 heteroatoms. The summed E-state index contributed by atoms with van der Waals surface area (Å²) in [5, 5.41) is 8.99. The molecule has 0 bridgehead atoms. The Kier molecular flexibility index (Phi) is 6.30. The van der Waals surface area contributed by atoms with Gasteiger partial charge in [-0.3, -0.25) is 4.79 Å². The molecule has 0 atom stereocenters. The molecule has 0 saturated heterocycles. The number of benzene rings is 1. The van der Waals surface area contributed by atoms with Crippen LogP contribution in [-0.4, -0.2) is 19.1 Å². The number of hydrogen-bond donors (Lipinski definition) is 0. The molecule has 1 amide bonds. The van der Waals surface area contributed by atoms with E-state index >= 15 is 0 Å². The highest BCUT2D eigenvalue weighted by Gasteiger charge is 2.22. The first kappa shape index (κ1) is 18.5. The van der Waals surface area contributed by atoms with Gasteiger partial charge in [-0.15, -0.1) is 11.3 Å². The van der Waals surface area contributed by atoms with E-state index < -0.39 is 0 Å². The number of ether oxygens (including phenoxy) is 1. The Bertz CT molecular complexity index is 766. The van der Waals surface area contributed by atoms with Gasteiger partial charge in [0.05, 0.1) is 24.0 Å². The largest absolute Gasteiger partial charge is 0.494 e.